The summed E-state index contributed by atoms with van der Waals surface area (Å²) in [5, 5.41) is 42.8. The van der Waals surface area contributed by atoms with Crippen LogP contribution in [0.25, 0.3) is 21.5 Å². The molecule has 0 aliphatic heterocycles. The molecule has 0 radical (unpaired) electrons. The summed E-state index contributed by atoms with van der Waals surface area (Å²) < 4.78 is 0. The summed E-state index contributed by atoms with van der Waals surface area (Å²) in [5.41, 5.74) is 0.112. The van der Waals surface area contributed by atoms with Crippen LogP contribution in [0.3, 0.4) is 0 Å². The zero-order valence-corrected chi connectivity index (χ0v) is 18.1. The molecule has 0 unspecified atom stereocenters. The van der Waals surface area contributed by atoms with Crippen LogP contribution < -0.4 is 29.6 Å². The van der Waals surface area contributed by atoms with Crippen molar-refractivity contribution in [1.82, 2.24) is 0 Å². The van der Waals surface area contributed by atoms with Gasteiger partial charge in [0.1, 0.15) is 22.6 Å². The van der Waals surface area contributed by atoms with Crippen molar-refractivity contribution in [3.8, 4) is 11.5 Å². The van der Waals surface area contributed by atoms with Crippen LogP contribution >= 0.6 is 0 Å². The normalized spacial score (nSPS) is 10.7. The number of rotatable bonds is 4. The number of phenols is 2. The molecule has 4 N–H and O–H groups in total. The van der Waals surface area contributed by atoms with Gasteiger partial charge in [0.2, 0.25) is 0 Å². The number of hydrogen-bond acceptors (Lipinski definition) is 4. The third-order valence-corrected chi connectivity index (χ3v) is 5.07. The minimum Gasteiger partial charge on any atom is -0.507 e. The van der Waals surface area contributed by atoms with Crippen LogP contribution in [0.4, 0.5) is 0 Å². The van der Waals surface area contributed by atoms with Gasteiger partial charge >= 0.3 is 41.5 Å². The Balaban J connectivity index is 0.00000256. The molecular formula is C23H16NaO6+. The second-order valence-corrected chi connectivity index (χ2v) is 6.73. The molecule has 4 aromatic rings. The van der Waals surface area contributed by atoms with Crippen molar-refractivity contribution >= 4 is 33.5 Å². The molecule has 4 aromatic carbocycles. The summed E-state index contributed by atoms with van der Waals surface area (Å²) in [7, 11) is 0. The van der Waals surface area contributed by atoms with Gasteiger partial charge in [-0.3, -0.25) is 0 Å². The van der Waals surface area contributed by atoms with Gasteiger partial charge in [-0.25, -0.2) is 9.59 Å². The van der Waals surface area contributed by atoms with Crippen LogP contribution in [-0.4, -0.2) is 32.4 Å². The van der Waals surface area contributed by atoms with Crippen LogP contribution in [0.2, 0.25) is 0 Å². The zero-order valence-electron chi connectivity index (χ0n) is 16.1. The van der Waals surface area contributed by atoms with Gasteiger partial charge in [0.25, 0.3) is 0 Å². The van der Waals surface area contributed by atoms with Crippen LogP contribution in [0.1, 0.15) is 31.8 Å². The van der Waals surface area contributed by atoms with E-state index in [9.17, 15) is 30.0 Å². The summed E-state index contributed by atoms with van der Waals surface area (Å²) >= 11 is 0. The molecule has 0 amide bonds. The smallest absolute Gasteiger partial charge is 0.507 e. The minimum absolute atomic E-state index is 0. The number of carboxylic acids is 2. The number of carboxylic acid groups (broad SMARTS) is 2. The quantitative estimate of drug-likeness (QED) is 0.378. The maximum atomic E-state index is 11.6. The molecule has 0 aliphatic carbocycles. The number of aromatic hydroxyl groups is 2. The summed E-state index contributed by atoms with van der Waals surface area (Å²) in [5.74, 6) is -3.36. The first kappa shape index (κ1) is 21.6. The molecule has 0 saturated heterocycles. The average Bonchev–Trinajstić information content (AvgIpc) is 2.70. The summed E-state index contributed by atoms with van der Waals surface area (Å²) in [6.07, 6.45) is -0.0407. The van der Waals surface area contributed by atoms with E-state index in [0.29, 0.717) is 32.7 Å². The fraction of sp³-hybridized carbons (Fsp3) is 0.0435. The van der Waals surface area contributed by atoms with Crippen molar-refractivity contribution in [3.63, 3.8) is 0 Å². The molecule has 0 spiro atoms. The Labute approximate surface area is 193 Å². The monoisotopic (exact) mass is 411 g/mol. The number of aromatic carboxylic acids is 2. The molecule has 0 aromatic heterocycles. The minimum atomic E-state index is -1.28. The fourth-order valence-corrected chi connectivity index (χ4v) is 3.68. The Morgan fingerprint density at radius 2 is 1.03 bits per heavy atom. The molecule has 0 heterocycles. The maximum Gasteiger partial charge on any atom is 1.00 e. The van der Waals surface area contributed by atoms with Gasteiger partial charge in [-0.15, -0.1) is 0 Å². The fourth-order valence-electron chi connectivity index (χ4n) is 3.68. The van der Waals surface area contributed by atoms with Gasteiger partial charge in [0, 0.05) is 17.5 Å². The van der Waals surface area contributed by atoms with Crippen molar-refractivity contribution in [2.24, 2.45) is 0 Å². The number of carbonyl (C=O) groups is 2. The Hall–Kier alpha value is -3.06. The van der Waals surface area contributed by atoms with E-state index in [1.165, 1.54) is 12.1 Å². The van der Waals surface area contributed by atoms with E-state index in [0.717, 1.165) is 0 Å². The van der Waals surface area contributed by atoms with E-state index in [-0.39, 0.29) is 47.1 Å². The maximum absolute atomic E-state index is 11.6. The van der Waals surface area contributed by atoms with Crippen LogP contribution in [0.15, 0.2) is 60.7 Å². The summed E-state index contributed by atoms with van der Waals surface area (Å²) in [6, 6.07) is 16.8. The van der Waals surface area contributed by atoms with Crippen molar-refractivity contribution in [1.29, 1.82) is 0 Å². The zero-order chi connectivity index (χ0) is 20.7. The van der Waals surface area contributed by atoms with Gasteiger partial charge in [-0.2, -0.15) is 0 Å². The molecule has 144 valence electrons. The van der Waals surface area contributed by atoms with Crippen molar-refractivity contribution < 1.29 is 59.6 Å². The van der Waals surface area contributed by atoms with Crippen LogP contribution in [0, 0.1) is 0 Å². The Morgan fingerprint density at radius 3 is 1.40 bits per heavy atom. The molecule has 30 heavy (non-hydrogen) atoms. The number of hydrogen-bond donors (Lipinski definition) is 4. The van der Waals surface area contributed by atoms with Crippen LogP contribution in [0.5, 0.6) is 11.5 Å². The van der Waals surface area contributed by atoms with Gasteiger partial charge in [-0.1, -0.05) is 48.5 Å². The third-order valence-electron chi connectivity index (χ3n) is 5.07. The second kappa shape index (κ2) is 8.36. The van der Waals surface area contributed by atoms with E-state index < -0.39 is 23.4 Å². The molecule has 4 rings (SSSR count). The van der Waals surface area contributed by atoms with E-state index in [1.54, 1.807) is 48.5 Å². The Morgan fingerprint density at radius 1 is 0.667 bits per heavy atom. The first-order valence-electron chi connectivity index (χ1n) is 8.82. The Kier molecular flexibility index (Phi) is 6.03. The average molecular weight is 411 g/mol. The van der Waals surface area contributed by atoms with Gasteiger partial charge < -0.3 is 20.4 Å². The third kappa shape index (κ3) is 3.61. The predicted molar refractivity (Wildman–Crippen MR) is 108 cm³/mol. The van der Waals surface area contributed by atoms with E-state index in [1.807, 2.05) is 0 Å². The Bertz CT molecular complexity index is 1210. The van der Waals surface area contributed by atoms with Crippen molar-refractivity contribution in [2.45, 2.75) is 6.42 Å². The molecule has 0 bridgehead atoms. The standard InChI is InChI=1S/C23H16O6.Na/c24-20-16(14-7-3-1-5-12(14)9-18(20)22(26)27)11-17-15-8-4-2-6-13(15)10-19(21(17)25)23(28)29;/h1-10,24-25H,11H2,(H,26,27)(H,28,29);/q;+1. The molecule has 0 fully saturated rings. The predicted octanol–water partition coefficient (Wildman–Crippen LogP) is 1.40. The summed E-state index contributed by atoms with van der Waals surface area (Å²) in [6.45, 7) is 0. The molecule has 7 heteroatoms. The van der Waals surface area contributed by atoms with Gasteiger partial charge in [-0.05, 0) is 33.7 Å². The van der Waals surface area contributed by atoms with Gasteiger partial charge in [0.15, 0.2) is 0 Å². The second-order valence-electron chi connectivity index (χ2n) is 6.73. The van der Waals surface area contributed by atoms with E-state index in [4.69, 9.17) is 0 Å². The molecular weight excluding hydrogens is 395 g/mol. The van der Waals surface area contributed by atoms with Crippen LogP contribution in [-0.2, 0) is 6.42 Å². The van der Waals surface area contributed by atoms with Gasteiger partial charge in [0.05, 0.1) is 0 Å². The topological polar surface area (TPSA) is 115 Å². The molecule has 6 nitrogen and oxygen atoms in total. The van der Waals surface area contributed by atoms with E-state index in [2.05, 4.69) is 0 Å². The molecule has 0 saturated carbocycles. The first-order chi connectivity index (χ1) is 13.9. The first-order valence-corrected chi connectivity index (χ1v) is 8.82. The number of benzene rings is 4. The summed E-state index contributed by atoms with van der Waals surface area (Å²) in [4.78, 5) is 23.2. The number of fused-ring (bicyclic) bond motifs is 2. The molecule has 0 aliphatic rings. The largest absolute Gasteiger partial charge is 1.00 e. The van der Waals surface area contributed by atoms with Crippen molar-refractivity contribution in [2.75, 3.05) is 0 Å². The SMILES string of the molecule is O=C(O)c1cc2ccccc2c(Cc2c(O)c(C(=O)O)cc3ccccc23)c1O.[Na+]. The molecule has 0 atom stereocenters. The van der Waals surface area contributed by atoms with E-state index >= 15 is 0 Å². The van der Waals surface area contributed by atoms with Crippen molar-refractivity contribution in [3.05, 3.63) is 82.9 Å².